The molecule has 2 aromatic rings. The van der Waals surface area contributed by atoms with Crippen molar-refractivity contribution in [3.8, 4) is 11.1 Å². The number of halogens is 1. The van der Waals surface area contributed by atoms with E-state index in [-0.39, 0.29) is 18.9 Å². The van der Waals surface area contributed by atoms with Gasteiger partial charge >= 0.3 is 0 Å². The molecule has 96 valence electrons. The summed E-state index contributed by atoms with van der Waals surface area (Å²) in [7, 11) is 0. The summed E-state index contributed by atoms with van der Waals surface area (Å²) in [6.45, 7) is 0.0508. The van der Waals surface area contributed by atoms with E-state index < -0.39 is 0 Å². The molecule has 0 bridgehead atoms. The van der Waals surface area contributed by atoms with Crippen LogP contribution >= 0.6 is 15.9 Å². The van der Waals surface area contributed by atoms with Crippen LogP contribution in [0, 0.1) is 0 Å². The molecule has 0 aromatic heterocycles. The number of carbonyl (C=O) groups is 2. The summed E-state index contributed by atoms with van der Waals surface area (Å²) < 4.78 is 5.46. The van der Waals surface area contributed by atoms with E-state index in [1.807, 2.05) is 36.4 Å². The molecule has 0 saturated carbocycles. The fourth-order valence-corrected chi connectivity index (χ4v) is 1.95. The van der Waals surface area contributed by atoms with Crippen LogP contribution < -0.4 is 0 Å². The Hall–Kier alpha value is -1.94. The van der Waals surface area contributed by atoms with Crippen molar-refractivity contribution < 1.29 is 14.3 Å². The third kappa shape index (κ3) is 3.51. The second kappa shape index (κ2) is 6.29. The van der Waals surface area contributed by atoms with Crippen LogP contribution in [-0.4, -0.2) is 18.9 Å². The van der Waals surface area contributed by atoms with Gasteiger partial charge in [-0.05, 0) is 23.3 Å². The van der Waals surface area contributed by atoms with Gasteiger partial charge in [0.25, 0.3) is 6.47 Å². The zero-order chi connectivity index (χ0) is 13.7. The van der Waals surface area contributed by atoms with Gasteiger partial charge in [-0.25, -0.2) is 0 Å². The molecular weight excluding hydrogens is 308 g/mol. The Morgan fingerprint density at radius 1 is 1.00 bits per heavy atom. The summed E-state index contributed by atoms with van der Waals surface area (Å²) >= 11 is 3.39. The zero-order valence-corrected chi connectivity index (χ0v) is 11.6. The third-order valence-electron chi connectivity index (χ3n) is 2.67. The van der Waals surface area contributed by atoms with Crippen molar-refractivity contribution in [2.45, 2.75) is 0 Å². The first kappa shape index (κ1) is 13.5. The van der Waals surface area contributed by atoms with Gasteiger partial charge in [0, 0.05) is 10.0 Å². The Morgan fingerprint density at radius 2 is 1.53 bits per heavy atom. The SMILES string of the molecule is O=COCC(=O)c1ccc(-c2ccc(Br)cc2)cc1. The highest BCUT2D eigenvalue weighted by Gasteiger charge is 2.06. The monoisotopic (exact) mass is 318 g/mol. The molecule has 0 unspecified atom stereocenters. The van der Waals surface area contributed by atoms with Crippen LogP contribution in [0.2, 0.25) is 0 Å². The number of carbonyl (C=O) groups excluding carboxylic acids is 2. The first-order valence-electron chi connectivity index (χ1n) is 5.65. The highest BCUT2D eigenvalue weighted by molar-refractivity contribution is 9.10. The highest BCUT2D eigenvalue weighted by Crippen LogP contribution is 2.22. The molecule has 0 spiro atoms. The van der Waals surface area contributed by atoms with Crippen LogP contribution in [0.5, 0.6) is 0 Å². The van der Waals surface area contributed by atoms with Gasteiger partial charge in [0.15, 0.2) is 12.4 Å². The van der Waals surface area contributed by atoms with E-state index in [1.165, 1.54) is 0 Å². The van der Waals surface area contributed by atoms with E-state index >= 15 is 0 Å². The summed E-state index contributed by atoms with van der Waals surface area (Å²) in [5.74, 6) is -0.213. The Balaban J connectivity index is 2.16. The molecule has 0 N–H and O–H groups in total. The summed E-state index contributed by atoms with van der Waals surface area (Å²) in [5, 5.41) is 0. The number of ketones is 1. The van der Waals surface area contributed by atoms with E-state index in [4.69, 9.17) is 0 Å². The molecule has 3 nitrogen and oxygen atoms in total. The number of rotatable bonds is 5. The molecule has 0 amide bonds. The number of ether oxygens (including phenoxy) is 1. The lowest BCUT2D eigenvalue weighted by molar-refractivity contribution is -0.127. The average molecular weight is 319 g/mol. The van der Waals surface area contributed by atoms with Crippen molar-refractivity contribution in [2.75, 3.05) is 6.61 Å². The maximum absolute atomic E-state index is 11.6. The van der Waals surface area contributed by atoms with Crippen LogP contribution in [-0.2, 0) is 9.53 Å². The van der Waals surface area contributed by atoms with Crippen LogP contribution in [0.3, 0.4) is 0 Å². The largest absolute Gasteiger partial charge is 0.459 e. The Kier molecular flexibility index (Phi) is 4.47. The smallest absolute Gasteiger partial charge is 0.293 e. The standard InChI is InChI=1S/C15H11BrO3/c16-14-7-5-12(6-8-14)11-1-3-13(4-2-11)15(18)9-19-10-17/h1-8,10H,9H2. The van der Waals surface area contributed by atoms with Crippen LogP contribution in [0.25, 0.3) is 11.1 Å². The van der Waals surface area contributed by atoms with E-state index in [9.17, 15) is 9.59 Å². The molecule has 0 heterocycles. The minimum Gasteiger partial charge on any atom is -0.459 e. The van der Waals surface area contributed by atoms with Crippen LogP contribution in [0.4, 0.5) is 0 Å². The molecule has 2 aromatic carbocycles. The van der Waals surface area contributed by atoms with Gasteiger partial charge in [-0.2, -0.15) is 0 Å². The Morgan fingerprint density at radius 3 is 2.05 bits per heavy atom. The molecule has 0 aliphatic rings. The van der Waals surface area contributed by atoms with Gasteiger partial charge in [0.05, 0.1) is 0 Å². The molecule has 0 fully saturated rings. The number of benzene rings is 2. The Bertz CT molecular complexity index is 573. The average Bonchev–Trinajstić information content (AvgIpc) is 2.46. The predicted octanol–water partition coefficient (Wildman–Crippen LogP) is 3.47. The van der Waals surface area contributed by atoms with Gasteiger partial charge in [-0.15, -0.1) is 0 Å². The van der Waals surface area contributed by atoms with Gasteiger partial charge in [0.1, 0.15) is 0 Å². The minimum atomic E-state index is -0.221. The van der Waals surface area contributed by atoms with E-state index in [0.717, 1.165) is 15.6 Å². The molecule has 0 aliphatic carbocycles. The van der Waals surface area contributed by atoms with Crippen molar-refractivity contribution in [1.82, 2.24) is 0 Å². The maximum atomic E-state index is 11.6. The lowest BCUT2D eigenvalue weighted by Crippen LogP contribution is -2.07. The van der Waals surface area contributed by atoms with Gasteiger partial charge < -0.3 is 4.74 Å². The molecule has 0 saturated heterocycles. The van der Waals surface area contributed by atoms with Crippen molar-refractivity contribution in [3.05, 3.63) is 58.6 Å². The van der Waals surface area contributed by atoms with E-state index in [0.29, 0.717) is 5.56 Å². The summed E-state index contributed by atoms with van der Waals surface area (Å²) in [6, 6.07) is 15.1. The molecule has 2 rings (SSSR count). The Labute approximate surface area is 119 Å². The van der Waals surface area contributed by atoms with Gasteiger partial charge in [0.2, 0.25) is 0 Å². The first-order chi connectivity index (χ1) is 9.20. The number of hydrogen-bond acceptors (Lipinski definition) is 3. The molecule has 0 atom stereocenters. The summed E-state index contributed by atoms with van der Waals surface area (Å²) in [5.41, 5.74) is 2.63. The lowest BCUT2D eigenvalue weighted by Gasteiger charge is -2.04. The molecular formula is C15H11BrO3. The number of Topliss-reactive ketones (excluding diaryl/α,β-unsaturated/α-hetero) is 1. The van der Waals surface area contributed by atoms with Crippen molar-refractivity contribution in [2.24, 2.45) is 0 Å². The molecule has 0 radical (unpaired) electrons. The van der Waals surface area contributed by atoms with Gasteiger partial charge in [-0.1, -0.05) is 52.3 Å². The topological polar surface area (TPSA) is 43.4 Å². The van der Waals surface area contributed by atoms with Crippen molar-refractivity contribution in [1.29, 1.82) is 0 Å². The normalized spacial score (nSPS) is 9.95. The van der Waals surface area contributed by atoms with Crippen LogP contribution in [0.15, 0.2) is 53.0 Å². The summed E-state index contributed by atoms with van der Waals surface area (Å²) in [6.07, 6.45) is 0. The zero-order valence-electron chi connectivity index (χ0n) is 10.0. The number of hydrogen-bond donors (Lipinski definition) is 0. The molecule has 4 heteroatoms. The quantitative estimate of drug-likeness (QED) is 0.626. The second-order valence-electron chi connectivity index (χ2n) is 3.91. The lowest BCUT2D eigenvalue weighted by atomic mass is 10.0. The van der Waals surface area contributed by atoms with E-state index in [1.54, 1.807) is 12.1 Å². The van der Waals surface area contributed by atoms with Crippen LogP contribution in [0.1, 0.15) is 10.4 Å². The highest BCUT2D eigenvalue weighted by atomic mass is 79.9. The van der Waals surface area contributed by atoms with Crippen molar-refractivity contribution in [3.63, 3.8) is 0 Å². The maximum Gasteiger partial charge on any atom is 0.293 e. The fraction of sp³-hybridized carbons (Fsp3) is 0.0667. The second-order valence-corrected chi connectivity index (χ2v) is 4.83. The van der Waals surface area contributed by atoms with E-state index in [2.05, 4.69) is 20.7 Å². The molecule has 19 heavy (non-hydrogen) atoms. The first-order valence-corrected chi connectivity index (χ1v) is 6.44. The third-order valence-corrected chi connectivity index (χ3v) is 3.20. The minimum absolute atomic E-state index is 0.213. The van der Waals surface area contributed by atoms with Crippen molar-refractivity contribution >= 4 is 28.2 Å². The fourth-order valence-electron chi connectivity index (χ4n) is 1.68. The van der Waals surface area contributed by atoms with Gasteiger partial charge in [-0.3, -0.25) is 9.59 Å². The predicted molar refractivity (Wildman–Crippen MR) is 75.9 cm³/mol. The summed E-state index contributed by atoms with van der Waals surface area (Å²) in [4.78, 5) is 21.6. The molecule has 0 aliphatic heterocycles.